The number of aromatic nitrogens is 1. The second-order valence-corrected chi connectivity index (χ2v) is 16.4. The number of pyridine rings is 1. The molecule has 0 bridgehead atoms. The predicted octanol–water partition coefficient (Wildman–Crippen LogP) is 9.98. The van der Waals surface area contributed by atoms with Gasteiger partial charge in [0, 0.05) is 51.3 Å². The van der Waals surface area contributed by atoms with Crippen molar-refractivity contribution < 1.29 is 0 Å². The number of hydrogen-bond donors (Lipinski definition) is 0. The largest absolute Gasteiger partial charge is 0.311 e. The Bertz CT molecular complexity index is 2110. The summed E-state index contributed by atoms with van der Waals surface area (Å²) in [4.78, 5) is 9.67. The fraction of sp³-hybridized carbons (Fsp3) is 0.0488. The van der Waals surface area contributed by atoms with E-state index in [4.69, 9.17) is 4.98 Å². The highest BCUT2D eigenvalue weighted by atomic mass is 28.3. The summed E-state index contributed by atoms with van der Waals surface area (Å²) >= 11 is 0. The zero-order valence-corrected chi connectivity index (χ0v) is 26.4. The van der Waals surface area contributed by atoms with Crippen molar-refractivity contribution in [1.29, 1.82) is 0 Å². The van der Waals surface area contributed by atoms with Gasteiger partial charge >= 0.3 is 0 Å². The smallest absolute Gasteiger partial charge is 0.117 e. The van der Waals surface area contributed by atoms with E-state index >= 15 is 0 Å². The first-order valence-electron chi connectivity index (χ1n) is 15.5. The quantitative estimate of drug-likeness (QED) is 0.185. The van der Waals surface area contributed by atoms with Gasteiger partial charge in [-0.15, -0.1) is 0 Å². The lowest BCUT2D eigenvalue weighted by molar-refractivity contribution is 1.26. The second kappa shape index (κ2) is 10.9. The fourth-order valence-electron chi connectivity index (χ4n) is 6.85. The van der Waals surface area contributed by atoms with Crippen LogP contribution in [-0.4, -0.2) is 13.1 Å². The Morgan fingerprint density at radius 1 is 0.533 bits per heavy atom. The molecule has 1 aliphatic heterocycles. The Morgan fingerprint density at radius 2 is 1.20 bits per heavy atom. The number of fused-ring (bicyclic) bond motifs is 3. The highest BCUT2D eigenvalue weighted by molar-refractivity contribution is 7.02. The van der Waals surface area contributed by atoms with Crippen LogP contribution in [0, 0.1) is 0 Å². The summed E-state index contributed by atoms with van der Waals surface area (Å²) in [5.41, 5.74) is 9.22. The molecule has 0 N–H and O–H groups in total. The van der Waals surface area contributed by atoms with Crippen LogP contribution in [0.1, 0.15) is 0 Å². The number of benzene rings is 6. The summed E-state index contributed by atoms with van der Waals surface area (Å²) in [6, 6.07) is 56.8. The van der Waals surface area contributed by atoms with Crippen LogP contribution in [0.2, 0.25) is 13.1 Å². The summed E-state index contributed by atoms with van der Waals surface area (Å²) in [6.07, 6.45) is 1.91. The highest BCUT2D eigenvalue weighted by Gasteiger charge is 2.39. The minimum Gasteiger partial charge on any atom is -0.311 e. The van der Waals surface area contributed by atoms with Crippen LogP contribution < -0.4 is 20.2 Å². The van der Waals surface area contributed by atoms with E-state index in [2.05, 4.69) is 181 Å². The van der Waals surface area contributed by atoms with Crippen molar-refractivity contribution in [3.05, 3.63) is 164 Å². The van der Waals surface area contributed by atoms with E-state index in [-0.39, 0.29) is 0 Å². The van der Waals surface area contributed by atoms with Gasteiger partial charge in [-0.25, -0.2) is 0 Å². The van der Waals surface area contributed by atoms with Crippen LogP contribution >= 0.6 is 0 Å². The molecule has 0 spiro atoms. The standard InChI is InChI=1S/C41H33N3Si/c1-45(2)39-23-12-11-22-37(39)44(34-20-13-15-31(28-34)41-36-21-10-9-14-30(36)26-27-42-41)38-25-24-35(29-40(38)45)43(32-16-5-3-6-17-32)33-18-7-4-8-19-33/h3-29H,1-2H3. The minimum atomic E-state index is -2.08. The summed E-state index contributed by atoms with van der Waals surface area (Å²) in [5, 5.41) is 5.22. The van der Waals surface area contributed by atoms with Crippen molar-refractivity contribution in [3.63, 3.8) is 0 Å². The molecule has 0 amide bonds. The van der Waals surface area contributed by atoms with Gasteiger partial charge in [0.05, 0.1) is 5.69 Å². The third-order valence-corrected chi connectivity index (χ3v) is 12.6. The van der Waals surface area contributed by atoms with Crippen molar-refractivity contribution >= 4 is 63.3 Å². The molecule has 1 aliphatic rings. The summed E-state index contributed by atoms with van der Waals surface area (Å²) < 4.78 is 0. The van der Waals surface area contributed by atoms with E-state index in [0.29, 0.717) is 0 Å². The van der Waals surface area contributed by atoms with Crippen LogP contribution in [0.4, 0.5) is 34.1 Å². The Kier molecular flexibility index (Phi) is 6.58. The van der Waals surface area contributed by atoms with Crippen molar-refractivity contribution in [2.75, 3.05) is 9.80 Å². The number of para-hydroxylation sites is 3. The van der Waals surface area contributed by atoms with Crippen molar-refractivity contribution in [2.24, 2.45) is 0 Å². The molecule has 0 fully saturated rings. The Labute approximate surface area is 265 Å². The van der Waals surface area contributed by atoms with E-state index < -0.39 is 8.07 Å². The minimum absolute atomic E-state index is 1.01. The predicted molar refractivity (Wildman–Crippen MR) is 193 cm³/mol. The Morgan fingerprint density at radius 3 is 1.98 bits per heavy atom. The van der Waals surface area contributed by atoms with Gasteiger partial charge < -0.3 is 9.80 Å². The van der Waals surface area contributed by atoms with Crippen molar-refractivity contribution in [3.8, 4) is 11.3 Å². The number of rotatable bonds is 5. The van der Waals surface area contributed by atoms with E-state index in [1.165, 1.54) is 32.8 Å². The van der Waals surface area contributed by atoms with Crippen LogP contribution in [-0.2, 0) is 0 Å². The molecule has 0 radical (unpaired) electrons. The van der Waals surface area contributed by atoms with E-state index in [9.17, 15) is 0 Å². The van der Waals surface area contributed by atoms with Crippen LogP contribution in [0.5, 0.6) is 0 Å². The molecule has 2 heterocycles. The van der Waals surface area contributed by atoms with Gasteiger partial charge in [-0.2, -0.15) is 0 Å². The van der Waals surface area contributed by atoms with E-state index in [1.54, 1.807) is 0 Å². The van der Waals surface area contributed by atoms with E-state index in [1.807, 2.05) is 6.20 Å². The molecule has 1 aromatic heterocycles. The summed E-state index contributed by atoms with van der Waals surface area (Å²) in [5.74, 6) is 0. The monoisotopic (exact) mass is 595 g/mol. The molecule has 0 saturated heterocycles. The number of nitrogens with zero attached hydrogens (tertiary/aromatic N) is 3. The molecule has 45 heavy (non-hydrogen) atoms. The molecule has 0 saturated carbocycles. The molecule has 4 heteroatoms. The van der Waals surface area contributed by atoms with Crippen molar-refractivity contribution in [2.45, 2.75) is 13.1 Å². The average molecular weight is 596 g/mol. The first kappa shape index (κ1) is 27.1. The zero-order chi connectivity index (χ0) is 30.4. The first-order chi connectivity index (χ1) is 22.1. The SMILES string of the molecule is C[Si]1(C)c2ccccc2N(c2cccc(-c3nccc4ccccc34)c2)c2ccc(N(c3ccccc3)c3ccccc3)cc21. The van der Waals surface area contributed by atoms with Gasteiger partial charge in [0.2, 0.25) is 0 Å². The molecule has 6 aromatic carbocycles. The fourth-order valence-corrected chi connectivity index (χ4v) is 9.83. The summed E-state index contributed by atoms with van der Waals surface area (Å²) in [7, 11) is -2.08. The van der Waals surface area contributed by atoms with E-state index in [0.717, 1.165) is 33.7 Å². The second-order valence-electron chi connectivity index (χ2n) is 12.1. The lowest BCUT2D eigenvalue weighted by atomic mass is 10.0. The van der Waals surface area contributed by atoms with Gasteiger partial charge in [0.15, 0.2) is 0 Å². The van der Waals surface area contributed by atoms with Gasteiger partial charge in [-0.05, 0) is 82.5 Å². The van der Waals surface area contributed by atoms with Crippen LogP contribution in [0.15, 0.2) is 164 Å². The molecule has 0 atom stereocenters. The molecule has 8 rings (SSSR count). The number of hydrogen-bond acceptors (Lipinski definition) is 3. The maximum atomic E-state index is 4.85. The van der Waals surface area contributed by atoms with Gasteiger partial charge in [0.25, 0.3) is 0 Å². The summed E-state index contributed by atoms with van der Waals surface area (Å²) in [6.45, 7) is 4.97. The Balaban J connectivity index is 1.32. The molecular weight excluding hydrogens is 563 g/mol. The Hall–Kier alpha value is -5.45. The third-order valence-electron chi connectivity index (χ3n) is 9.05. The molecule has 0 aliphatic carbocycles. The zero-order valence-electron chi connectivity index (χ0n) is 25.4. The lowest BCUT2D eigenvalue weighted by Gasteiger charge is -2.41. The maximum absolute atomic E-state index is 4.85. The number of anilines is 6. The normalized spacial score (nSPS) is 13.2. The highest BCUT2D eigenvalue weighted by Crippen LogP contribution is 2.42. The first-order valence-corrected chi connectivity index (χ1v) is 18.5. The average Bonchev–Trinajstić information content (AvgIpc) is 3.10. The molecule has 216 valence electrons. The van der Waals surface area contributed by atoms with Crippen molar-refractivity contribution in [1.82, 2.24) is 4.98 Å². The lowest BCUT2D eigenvalue weighted by Crippen LogP contribution is -2.58. The third kappa shape index (κ3) is 4.62. The van der Waals surface area contributed by atoms with Gasteiger partial charge in [0.1, 0.15) is 8.07 Å². The molecule has 7 aromatic rings. The van der Waals surface area contributed by atoms with Gasteiger partial charge in [-0.3, -0.25) is 4.98 Å². The topological polar surface area (TPSA) is 19.4 Å². The maximum Gasteiger partial charge on any atom is 0.117 e. The van der Waals surface area contributed by atoms with Crippen LogP contribution in [0.3, 0.4) is 0 Å². The molecule has 3 nitrogen and oxygen atoms in total. The van der Waals surface area contributed by atoms with Gasteiger partial charge in [-0.1, -0.05) is 104 Å². The van der Waals surface area contributed by atoms with Crippen LogP contribution in [0.25, 0.3) is 22.0 Å². The molecular formula is C41H33N3Si. The molecule has 0 unspecified atom stereocenters.